The smallest absolute Gasteiger partial charge is 0.165 e. The van der Waals surface area contributed by atoms with E-state index < -0.39 is 5.60 Å². The number of piperidine rings is 1. The lowest BCUT2D eigenvalue weighted by molar-refractivity contribution is -0.198. The average Bonchev–Trinajstić information content (AvgIpc) is 3.46. The maximum atomic E-state index is 11.8. The first kappa shape index (κ1) is 22.5. The van der Waals surface area contributed by atoms with Crippen LogP contribution in [0.3, 0.4) is 0 Å². The maximum Gasteiger partial charge on any atom is 0.165 e. The molecule has 2 aliphatic heterocycles. The zero-order valence-corrected chi connectivity index (χ0v) is 20.6. The van der Waals surface area contributed by atoms with Crippen LogP contribution in [-0.2, 0) is 10.2 Å². The molecule has 4 aliphatic rings. The molecule has 2 heterocycles. The molecular formula is C27H41NO4. The summed E-state index contributed by atoms with van der Waals surface area (Å²) in [5, 5.41) is 22.6. The minimum Gasteiger partial charge on any atom is -0.504 e. The summed E-state index contributed by atoms with van der Waals surface area (Å²) in [4.78, 5) is 2.65. The molecule has 2 unspecified atom stereocenters. The lowest BCUT2D eigenvalue weighted by atomic mass is 9.51. The standard InChI is InChI=1S/C27H41NO4/c1-16-7-10-20(29)23-21(16)27-11-12-28(14-17-8-9-17)15-18(27)13-19(22(31-6)24(27)32-23)26(5,30)25(2,3)4/h7,10,17-19,22,24,29-30H,8-9,11-15H2,1-6H3/t18?,19-,22+,24-,26-,27?/m0/s1. The molecule has 2 saturated carbocycles. The second kappa shape index (κ2) is 7.35. The first-order chi connectivity index (χ1) is 15.0. The molecule has 0 bridgehead atoms. The van der Waals surface area contributed by atoms with Gasteiger partial charge < -0.3 is 24.6 Å². The van der Waals surface area contributed by atoms with Crippen LogP contribution in [0.4, 0.5) is 0 Å². The van der Waals surface area contributed by atoms with E-state index in [2.05, 4.69) is 32.6 Å². The summed E-state index contributed by atoms with van der Waals surface area (Å²) < 4.78 is 12.8. The fraction of sp³-hybridized carbons (Fsp3) is 0.778. The van der Waals surface area contributed by atoms with Crippen LogP contribution in [0.5, 0.6) is 11.5 Å². The fourth-order valence-electron chi connectivity index (χ4n) is 7.08. The van der Waals surface area contributed by atoms with E-state index in [9.17, 15) is 10.2 Å². The van der Waals surface area contributed by atoms with Gasteiger partial charge in [-0.05, 0) is 75.0 Å². The summed E-state index contributed by atoms with van der Waals surface area (Å²) in [5.74, 6) is 2.04. The number of ether oxygens (including phenoxy) is 2. The predicted molar refractivity (Wildman–Crippen MR) is 125 cm³/mol. The number of hydrogen-bond acceptors (Lipinski definition) is 5. The van der Waals surface area contributed by atoms with Crippen molar-refractivity contribution in [3.63, 3.8) is 0 Å². The van der Waals surface area contributed by atoms with Crippen LogP contribution < -0.4 is 4.74 Å². The van der Waals surface area contributed by atoms with Gasteiger partial charge in [-0.2, -0.15) is 0 Å². The Bertz CT molecular complexity index is 886. The van der Waals surface area contributed by atoms with Crippen LogP contribution in [0.2, 0.25) is 0 Å². The molecule has 3 fully saturated rings. The molecule has 2 aliphatic carbocycles. The summed E-state index contributed by atoms with van der Waals surface area (Å²) in [6.07, 6.45) is 4.20. The molecule has 5 rings (SSSR count). The number of fused-ring (bicyclic) bond motifs is 1. The molecule has 32 heavy (non-hydrogen) atoms. The lowest BCUT2D eigenvalue weighted by Crippen LogP contribution is -2.68. The first-order valence-electron chi connectivity index (χ1n) is 12.5. The SMILES string of the molecule is CO[C@H]1[C@@H]2Oc3c(O)ccc(C)c3C23CCN(CC2CC2)CC3C[C@@H]1[C@](C)(O)C(C)(C)C. The Kier molecular flexibility index (Phi) is 5.16. The predicted octanol–water partition coefficient (Wildman–Crippen LogP) is 4.26. The minimum atomic E-state index is -0.909. The van der Waals surface area contributed by atoms with E-state index in [4.69, 9.17) is 9.47 Å². The fourth-order valence-corrected chi connectivity index (χ4v) is 7.08. The highest BCUT2D eigenvalue weighted by Gasteiger charge is 2.66. The first-order valence-corrected chi connectivity index (χ1v) is 12.5. The Labute approximate surface area is 193 Å². The summed E-state index contributed by atoms with van der Waals surface area (Å²) in [5.41, 5.74) is 1.00. The van der Waals surface area contributed by atoms with E-state index in [0.717, 1.165) is 31.8 Å². The second-order valence-electron chi connectivity index (χ2n) is 12.3. The molecule has 1 aromatic carbocycles. The van der Waals surface area contributed by atoms with Crippen molar-refractivity contribution < 1.29 is 19.7 Å². The van der Waals surface area contributed by atoms with Crippen molar-refractivity contribution in [2.45, 2.75) is 83.5 Å². The number of likely N-dealkylation sites (tertiary alicyclic amines) is 1. The molecule has 0 aromatic heterocycles. The van der Waals surface area contributed by atoms with Crippen LogP contribution in [0.25, 0.3) is 0 Å². The van der Waals surface area contributed by atoms with E-state index in [1.54, 1.807) is 13.2 Å². The van der Waals surface area contributed by atoms with Gasteiger partial charge in [-0.15, -0.1) is 0 Å². The molecule has 1 aromatic rings. The van der Waals surface area contributed by atoms with Crippen molar-refractivity contribution in [2.75, 3.05) is 26.7 Å². The Morgan fingerprint density at radius 2 is 1.94 bits per heavy atom. The van der Waals surface area contributed by atoms with Gasteiger partial charge >= 0.3 is 0 Å². The molecule has 6 atom stereocenters. The van der Waals surface area contributed by atoms with Crippen molar-refractivity contribution in [1.29, 1.82) is 0 Å². The van der Waals surface area contributed by atoms with E-state index in [0.29, 0.717) is 11.7 Å². The van der Waals surface area contributed by atoms with Crippen molar-refractivity contribution in [3.8, 4) is 11.5 Å². The monoisotopic (exact) mass is 443 g/mol. The Hall–Kier alpha value is -1.30. The van der Waals surface area contributed by atoms with Crippen LogP contribution >= 0.6 is 0 Å². The maximum absolute atomic E-state index is 11.8. The summed E-state index contributed by atoms with van der Waals surface area (Å²) in [7, 11) is 1.76. The molecule has 5 heteroatoms. The highest BCUT2D eigenvalue weighted by Crippen LogP contribution is 2.63. The molecule has 5 nitrogen and oxygen atoms in total. The number of aromatic hydroxyl groups is 1. The summed E-state index contributed by atoms with van der Waals surface area (Å²) >= 11 is 0. The topological polar surface area (TPSA) is 62.2 Å². The molecule has 178 valence electrons. The lowest BCUT2D eigenvalue weighted by Gasteiger charge is -2.59. The van der Waals surface area contributed by atoms with Gasteiger partial charge in [-0.3, -0.25) is 0 Å². The van der Waals surface area contributed by atoms with Gasteiger partial charge in [-0.1, -0.05) is 26.8 Å². The average molecular weight is 444 g/mol. The van der Waals surface area contributed by atoms with E-state index in [1.807, 2.05) is 13.0 Å². The van der Waals surface area contributed by atoms with Gasteiger partial charge in [0.15, 0.2) is 11.5 Å². The zero-order valence-electron chi connectivity index (χ0n) is 20.6. The summed E-state index contributed by atoms with van der Waals surface area (Å²) in [6, 6.07) is 3.78. The number of phenolic OH excluding ortho intramolecular Hbond substituents is 1. The number of aliphatic hydroxyl groups is 1. The number of phenols is 1. The number of hydrogen-bond donors (Lipinski definition) is 2. The number of methoxy groups -OCH3 is 1. The van der Waals surface area contributed by atoms with Crippen LogP contribution in [0.1, 0.15) is 64.5 Å². The normalized spacial score (nSPS) is 36.6. The van der Waals surface area contributed by atoms with Crippen molar-refractivity contribution in [1.82, 2.24) is 4.90 Å². The molecule has 2 N–H and O–H groups in total. The second-order valence-corrected chi connectivity index (χ2v) is 12.3. The number of benzene rings is 1. The highest BCUT2D eigenvalue weighted by atomic mass is 16.5. The van der Waals surface area contributed by atoms with E-state index in [1.165, 1.54) is 30.5 Å². The van der Waals surface area contributed by atoms with Crippen LogP contribution in [-0.4, -0.2) is 59.7 Å². The summed E-state index contributed by atoms with van der Waals surface area (Å²) in [6.45, 7) is 13.7. The van der Waals surface area contributed by atoms with Gasteiger partial charge in [0.05, 0.1) is 5.60 Å². The highest BCUT2D eigenvalue weighted by molar-refractivity contribution is 5.58. The van der Waals surface area contributed by atoms with Crippen molar-refractivity contribution in [2.24, 2.45) is 23.2 Å². The van der Waals surface area contributed by atoms with Gasteiger partial charge in [0, 0.05) is 37.1 Å². The number of aryl methyl sites for hydroxylation is 1. The Morgan fingerprint density at radius 1 is 1.22 bits per heavy atom. The molecule has 0 radical (unpaired) electrons. The van der Waals surface area contributed by atoms with Gasteiger partial charge in [0.25, 0.3) is 0 Å². The molecule has 1 spiro atoms. The Morgan fingerprint density at radius 3 is 2.56 bits per heavy atom. The largest absolute Gasteiger partial charge is 0.504 e. The molecule has 1 saturated heterocycles. The number of rotatable bonds is 4. The minimum absolute atomic E-state index is 0.0479. The zero-order chi connectivity index (χ0) is 23.1. The van der Waals surface area contributed by atoms with Crippen molar-refractivity contribution in [3.05, 3.63) is 23.3 Å². The molecule has 0 amide bonds. The van der Waals surface area contributed by atoms with Gasteiger partial charge in [-0.25, -0.2) is 0 Å². The third-order valence-electron chi connectivity index (χ3n) is 9.57. The molecular weight excluding hydrogens is 402 g/mol. The quantitative estimate of drug-likeness (QED) is 0.728. The van der Waals surface area contributed by atoms with E-state index in [-0.39, 0.29) is 34.7 Å². The third kappa shape index (κ3) is 3.14. The van der Waals surface area contributed by atoms with E-state index >= 15 is 0 Å². The van der Waals surface area contributed by atoms with Gasteiger partial charge in [0.2, 0.25) is 0 Å². The third-order valence-corrected chi connectivity index (χ3v) is 9.57. The van der Waals surface area contributed by atoms with Crippen LogP contribution in [0.15, 0.2) is 12.1 Å². The van der Waals surface area contributed by atoms with Crippen molar-refractivity contribution >= 4 is 0 Å². The number of nitrogens with zero attached hydrogens (tertiary/aromatic N) is 1. The van der Waals surface area contributed by atoms with Gasteiger partial charge in [0.1, 0.15) is 12.2 Å². The Balaban J connectivity index is 1.61. The van der Waals surface area contributed by atoms with Crippen LogP contribution in [0, 0.1) is 30.1 Å².